The monoisotopic (exact) mass is 264 g/mol. The lowest BCUT2D eigenvalue weighted by Gasteiger charge is -2.17. The van der Waals surface area contributed by atoms with Crippen molar-refractivity contribution in [3.8, 4) is 5.75 Å². The third-order valence-corrected chi connectivity index (χ3v) is 3.69. The van der Waals surface area contributed by atoms with Gasteiger partial charge in [-0.3, -0.25) is 0 Å². The Hall–Kier alpha value is -1.75. The number of nitrogens with zero attached hydrogens (tertiary/aromatic N) is 1. The average Bonchev–Trinajstić information content (AvgIpc) is 2.68. The number of carboxylic acids is 1. The molecule has 0 radical (unpaired) electrons. The van der Waals surface area contributed by atoms with Gasteiger partial charge >= 0.3 is 5.97 Å². The van der Waals surface area contributed by atoms with Crippen molar-refractivity contribution in [2.75, 3.05) is 26.0 Å². The van der Waals surface area contributed by atoms with Gasteiger partial charge in [0.1, 0.15) is 5.75 Å². The summed E-state index contributed by atoms with van der Waals surface area (Å²) >= 11 is 0. The Morgan fingerprint density at radius 1 is 1.53 bits per heavy atom. The van der Waals surface area contributed by atoms with Gasteiger partial charge in [-0.05, 0) is 38.6 Å². The van der Waals surface area contributed by atoms with Crippen molar-refractivity contribution in [3.63, 3.8) is 0 Å². The van der Waals surface area contributed by atoms with E-state index in [0.717, 1.165) is 18.7 Å². The number of carbonyl (C=O) groups is 1. The van der Waals surface area contributed by atoms with E-state index in [4.69, 9.17) is 9.84 Å². The topological polar surface area (TPSA) is 61.8 Å². The predicted molar refractivity (Wildman–Crippen MR) is 74.1 cm³/mol. The number of methoxy groups -OCH3 is 1. The summed E-state index contributed by atoms with van der Waals surface area (Å²) in [6.45, 7) is 3.13. The first-order chi connectivity index (χ1) is 9.01. The molecule has 1 saturated heterocycles. The van der Waals surface area contributed by atoms with Crippen LogP contribution in [0.15, 0.2) is 18.2 Å². The van der Waals surface area contributed by atoms with Gasteiger partial charge in [-0.15, -0.1) is 0 Å². The van der Waals surface area contributed by atoms with Crippen molar-refractivity contribution in [3.05, 3.63) is 23.8 Å². The van der Waals surface area contributed by atoms with Crippen LogP contribution >= 0.6 is 0 Å². The Morgan fingerprint density at radius 2 is 2.26 bits per heavy atom. The summed E-state index contributed by atoms with van der Waals surface area (Å²) in [4.78, 5) is 13.3. The molecule has 2 atom stereocenters. The van der Waals surface area contributed by atoms with Gasteiger partial charge in [0.05, 0.1) is 18.4 Å². The molecular weight excluding hydrogens is 244 g/mol. The second kappa shape index (κ2) is 5.48. The third-order valence-electron chi connectivity index (χ3n) is 3.69. The molecule has 2 rings (SSSR count). The molecule has 0 aliphatic carbocycles. The highest BCUT2D eigenvalue weighted by molar-refractivity contribution is 5.89. The Morgan fingerprint density at radius 3 is 2.79 bits per heavy atom. The van der Waals surface area contributed by atoms with Crippen LogP contribution in [0.4, 0.5) is 5.69 Å². The number of rotatable bonds is 4. The molecule has 1 fully saturated rings. The molecule has 0 aromatic heterocycles. The molecular formula is C14H20N2O3. The van der Waals surface area contributed by atoms with Gasteiger partial charge in [0.25, 0.3) is 0 Å². The Balaban J connectivity index is 2.18. The van der Waals surface area contributed by atoms with E-state index < -0.39 is 5.97 Å². The van der Waals surface area contributed by atoms with Crippen LogP contribution in [0.1, 0.15) is 23.7 Å². The van der Waals surface area contributed by atoms with Crippen molar-refractivity contribution in [2.45, 2.75) is 25.4 Å². The molecule has 5 nitrogen and oxygen atoms in total. The molecule has 19 heavy (non-hydrogen) atoms. The lowest BCUT2D eigenvalue weighted by atomic mass is 10.1. The molecule has 104 valence electrons. The molecule has 0 saturated carbocycles. The Bertz CT molecular complexity index is 466. The van der Waals surface area contributed by atoms with E-state index in [0.29, 0.717) is 17.8 Å². The molecule has 5 heteroatoms. The SMILES string of the molecule is COc1ccc(C(=O)O)cc1NC1CC(C)N(C)C1. The van der Waals surface area contributed by atoms with Crippen molar-refractivity contribution in [2.24, 2.45) is 0 Å². The highest BCUT2D eigenvalue weighted by Gasteiger charge is 2.26. The number of likely N-dealkylation sites (N-methyl/N-ethyl adjacent to an activating group) is 1. The van der Waals surface area contributed by atoms with Crippen LogP contribution in [0.25, 0.3) is 0 Å². The second-order valence-electron chi connectivity index (χ2n) is 5.09. The van der Waals surface area contributed by atoms with Gasteiger partial charge in [0.15, 0.2) is 0 Å². The van der Waals surface area contributed by atoms with Gasteiger partial charge < -0.3 is 20.1 Å². The van der Waals surface area contributed by atoms with E-state index in [9.17, 15) is 4.79 Å². The van der Waals surface area contributed by atoms with Crippen LogP contribution in [-0.2, 0) is 0 Å². The van der Waals surface area contributed by atoms with Crippen molar-refractivity contribution in [1.29, 1.82) is 0 Å². The molecule has 2 N–H and O–H groups in total. The normalized spacial score (nSPS) is 23.3. The fraction of sp³-hybridized carbons (Fsp3) is 0.500. The van der Waals surface area contributed by atoms with Gasteiger partial charge in [-0.2, -0.15) is 0 Å². The summed E-state index contributed by atoms with van der Waals surface area (Å²) in [5, 5.41) is 12.4. The van der Waals surface area contributed by atoms with E-state index in [2.05, 4.69) is 24.2 Å². The number of ether oxygens (including phenoxy) is 1. The second-order valence-corrected chi connectivity index (χ2v) is 5.09. The van der Waals surface area contributed by atoms with Crippen LogP contribution in [0.5, 0.6) is 5.75 Å². The zero-order valence-corrected chi connectivity index (χ0v) is 11.5. The Kier molecular flexibility index (Phi) is 3.95. The van der Waals surface area contributed by atoms with E-state index >= 15 is 0 Å². The molecule has 1 aliphatic rings. The minimum atomic E-state index is -0.928. The zero-order chi connectivity index (χ0) is 14.0. The van der Waals surface area contributed by atoms with Crippen LogP contribution < -0.4 is 10.1 Å². The lowest BCUT2D eigenvalue weighted by Crippen LogP contribution is -2.25. The number of aromatic carboxylic acids is 1. The summed E-state index contributed by atoms with van der Waals surface area (Å²) in [5.74, 6) is -0.255. The number of nitrogens with one attached hydrogen (secondary N) is 1. The van der Waals surface area contributed by atoms with Gasteiger partial charge in [0, 0.05) is 18.6 Å². The lowest BCUT2D eigenvalue weighted by molar-refractivity contribution is 0.0697. The number of hydrogen-bond donors (Lipinski definition) is 2. The quantitative estimate of drug-likeness (QED) is 0.869. The maximum atomic E-state index is 11.0. The maximum absolute atomic E-state index is 11.0. The first-order valence-electron chi connectivity index (χ1n) is 6.39. The van der Waals surface area contributed by atoms with Gasteiger partial charge in [0.2, 0.25) is 0 Å². The molecule has 0 spiro atoms. The van der Waals surface area contributed by atoms with Crippen molar-refractivity contribution < 1.29 is 14.6 Å². The summed E-state index contributed by atoms with van der Waals surface area (Å²) in [5.41, 5.74) is 1.01. The summed E-state index contributed by atoms with van der Waals surface area (Å²) in [6, 6.07) is 5.72. The summed E-state index contributed by atoms with van der Waals surface area (Å²) in [7, 11) is 3.68. The Labute approximate surface area is 113 Å². The highest BCUT2D eigenvalue weighted by Crippen LogP contribution is 2.28. The van der Waals surface area contributed by atoms with Crippen LogP contribution in [0, 0.1) is 0 Å². The van der Waals surface area contributed by atoms with E-state index in [-0.39, 0.29) is 5.56 Å². The number of anilines is 1. The largest absolute Gasteiger partial charge is 0.495 e. The van der Waals surface area contributed by atoms with Crippen LogP contribution in [0.2, 0.25) is 0 Å². The van der Waals surface area contributed by atoms with Crippen molar-refractivity contribution in [1.82, 2.24) is 4.90 Å². The molecule has 0 amide bonds. The first-order valence-corrected chi connectivity index (χ1v) is 6.39. The number of benzene rings is 1. The molecule has 1 aromatic rings. The smallest absolute Gasteiger partial charge is 0.335 e. The van der Waals surface area contributed by atoms with E-state index in [1.807, 2.05) is 0 Å². The molecule has 1 aliphatic heterocycles. The van der Waals surface area contributed by atoms with Gasteiger partial charge in [-0.1, -0.05) is 0 Å². The molecule has 0 bridgehead atoms. The highest BCUT2D eigenvalue weighted by atomic mass is 16.5. The van der Waals surface area contributed by atoms with Crippen molar-refractivity contribution >= 4 is 11.7 Å². The van der Waals surface area contributed by atoms with E-state index in [1.165, 1.54) is 0 Å². The minimum absolute atomic E-state index is 0.266. The zero-order valence-electron chi connectivity index (χ0n) is 11.5. The summed E-state index contributed by atoms with van der Waals surface area (Å²) in [6.07, 6.45) is 1.04. The fourth-order valence-corrected chi connectivity index (χ4v) is 2.47. The average molecular weight is 264 g/mol. The number of likely N-dealkylation sites (tertiary alicyclic amines) is 1. The molecule has 1 heterocycles. The molecule has 1 aromatic carbocycles. The first kappa shape index (κ1) is 13.7. The molecule has 2 unspecified atom stereocenters. The predicted octanol–water partition coefficient (Wildman–Crippen LogP) is 1.90. The summed E-state index contributed by atoms with van der Waals surface area (Å²) < 4.78 is 5.27. The fourth-order valence-electron chi connectivity index (χ4n) is 2.47. The van der Waals surface area contributed by atoms with Crippen LogP contribution in [0.3, 0.4) is 0 Å². The third kappa shape index (κ3) is 2.98. The maximum Gasteiger partial charge on any atom is 0.335 e. The minimum Gasteiger partial charge on any atom is -0.495 e. The number of carboxylic acid groups (broad SMARTS) is 1. The van der Waals surface area contributed by atoms with E-state index in [1.54, 1.807) is 25.3 Å². The standard InChI is InChI=1S/C14H20N2O3/c1-9-6-11(8-16(9)2)15-12-7-10(14(17)18)4-5-13(12)19-3/h4-5,7,9,11,15H,6,8H2,1-3H3,(H,17,18). The number of hydrogen-bond acceptors (Lipinski definition) is 4. The van der Waals surface area contributed by atoms with Crippen LogP contribution in [-0.4, -0.2) is 48.8 Å². The van der Waals surface area contributed by atoms with Gasteiger partial charge in [-0.25, -0.2) is 4.79 Å².